The van der Waals surface area contributed by atoms with Crippen molar-refractivity contribution in [2.45, 2.75) is 33.1 Å². The van der Waals surface area contributed by atoms with Crippen LogP contribution in [0, 0.1) is 6.92 Å². The molecule has 2 aromatic rings. The predicted molar refractivity (Wildman–Crippen MR) is 91.6 cm³/mol. The molecule has 0 amide bonds. The van der Waals surface area contributed by atoms with Gasteiger partial charge in [0.25, 0.3) is 0 Å². The fourth-order valence-corrected chi connectivity index (χ4v) is 2.34. The number of nitrogens with zero attached hydrogens (tertiary/aromatic N) is 4. The van der Waals surface area contributed by atoms with E-state index < -0.39 is 0 Å². The van der Waals surface area contributed by atoms with Gasteiger partial charge < -0.3 is 10.7 Å². The molecule has 0 saturated heterocycles. The average Bonchev–Trinajstić information content (AvgIpc) is 2.84. The number of nitrogen functional groups attached to an aromatic ring is 1. The highest BCUT2D eigenvalue weighted by Gasteiger charge is 2.17. The monoisotopic (exact) mass is 319 g/mol. The molecular formula is C16H22ClN5. The number of anilines is 1. The molecule has 2 N–H and O–H groups in total. The van der Waals surface area contributed by atoms with Crippen LogP contribution in [-0.4, -0.2) is 21.4 Å². The molecule has 0 radical (unpaired) electrons. The highest BCUT2D eigenvalue weighted by Crippen LogP contribution is 2.22. The lowest BCUT2D eigenvalue weighted by molar-refractivity contribution is 0.666. The van der Waals surface area contributed by atoms with Gasteiger partial charge in [-0.3, -0.25) is 0 Å². The highest BCUT2D eigenvalue weighted by atomic mass is 35.5. The third-order valence-corrected chi connectivity index (χ3v) is 3.74. The van der Waals surface area contributed by atoms with E-state index in [2.05, 4.69) is 41.2 Å². The second-order valence-electron chi connectivity index (χ2n) is 5.30. The van der Waals surface area contributed by atoms with E-state index in [9.17, 15) is 0 Å². The molecule has 1 atom stereocenters. The second kappa shape index (κ2) is 7.31. The van der Waals surface area contributed by atoms with Gasteiger partial charge in [-0.05, 0) is 37.6 Å². The van der Waals surface area contributed by atoms with Crippen molar-refractivity contribution < 1.29 is 0 Å². The maximum absolute atomic E-state index is 5.98. The van der Waals surface area contributed by atoms with E-state index in [0.29, 0.717) is 5.82 Å². The van der Waals surface area contributed by atoms with Crippen LogP contribution in [0.25, 0.3) is 0 Å². The zero-order valence-electron chi connectivity index (χ0n) is 13.2. The normalized spacial score (nSPS) is 12.7. The largest absolute Gasteiger partial charge is 0.348 e. The van der Waals surface area contributed by atoms with Crippen molar-refractivity contribution in [3.05, 3.63) is 53.2 Å². The van der Waals surface area contributed by atoms with Crippen LogP contribution < -0.4 is 10.7 Å². The van der Waals surface area contributed by atoms with E-state index >= 15 is 0 Å². The van der Waals surface area contributed by atoms with Gasteiger partial charge in [-0.1, -0.05) is 31.5 Å². The third kappa shape index (κ3) is 3.80. The highest BCUT2D eigenvalue weighted by molar-refractivity contribution is 6.30. The van der Waals surface area contributed by atoms with Crippen molar-refractivity contribution in [2.24, 2.45) is 0 Å². The summed E-state index contributed by atoms with van der Waals surface area (Å²) >= 11 is 5.97. The molecule has 6 heteroatoms. The van der Waals surface area contributed by atoms with E-state index in [0.717, 1.165) is 29.5 Å². The lowest BCUT2D eigenvalue weighted by atomic mass is 10.1. The molecule has 0 aliphatic carbocycles. The number of allylic oxidation sites excluding steroid dienone is 1. The molecule has 2 rings (SSSR count). The number of aryl methyl sites for hydroxylation is 1. The van der Waals surface area contributed by atoms with Crippen molar-refractivity contribution >= 4 is 17.3 Å². The fraction of sp³-hybridized carbons (Fsp3) is 0.375. The number of hydrogen-bond acceptors (Lipinski definition) is 4. The number of rotatable bonds is 6. The summed E-state index contributed by atoms with van der Waals surface area (Å²) in [7, 11) is 0. The van der Waals surface area contributed by atoms with Crippen LogP contribution in [0.2, 0.25) is 5.02 Å². The van der Waals surface area contributed by atoms with Crippen molar-refractivity contribution in [3.8, 4) is 0 Å². The zero-order chi connectivity index (χ0) is 16.1. The van der Waals surface area contributed by atoms with Crippen molar-refractivity contribution in [1.29, 1.82) is 0 Å². The van der Waals surface area contributed by atoms with Gasteiger partial charge in [-0.15, -0.1) is 10.2 Å². The van der Waals surface area contributed by atoms with Crippen molar-refractivity contribution in [2.75, 3.05) is 17.3 Å². The maximum atomic E-state index is 5.98. The predicted octanol–water partition coefficient (Wildman–Crippen LogP) is 3.49. The van der Waals surface area contributed by atoms with Crippen molar-refractivity contribution in [3.63, 3.8) is 0 Å². The summed E-state index contributed by atoms with van der Waals surface area (Å²) in [5, 5.41) is 8.93. The van der Waals surface area contributed by atoms with Gasteiger partial charge in [0.2, 0.25) is 0 Å². The molecule has 0 bridgehead atoms. The van der Waals surface area contributed by atoms with Crippen molar-refractivity contribution in [1.82, 2.24) is 14.9 Å². The molecule has 118 valence electrons. The Labute approximate surface area is 136 Å². The van der Waals surface area contributed by atoms with E-state index in [1.54, 1.807) is 4.68 Å². The number of aromatic nitrogens is 3. The quantitative estimate of drug-likeness (QED) is 0.828. The molecule has 0 fully saturated rings. The summed E-state index contributed by atoms with van der Waals surface area (Å²) in [6, 6.07) is 7.80. The van der Waals surface area contributed by atoms with E-state index in [-0.39, 0.29) is 5.92 Å². The first-order valence-electron chi connectivity index (χ1n) is 7.38. The molecule has 0 spiro atoms. The fourth-order valence-electron chi connectivity index (χ4n) is 2.22. The Bertz CT molecular complexity index is 632. The minimum absolute atomic E-state index is 0.142. The summed E-state index contributed by atoms with van der Waals surface area (Å²) in [6.07, 6.45) is 5.19. The SMILES string of the molecule is CC/C=C/N(C[C@@H](C)c1nnc(C)n1N)c1ccc(Cl)cc1. The molecule has 5 nitrogen and oxygen atoms in total. The van der Waals surface area contributed by atoms with Crippen LogP contribution >= 0.6 is 11.6 Å². The Morgan fingerprint density at radius 1 is 1.32 bits per heavy atom. The van der Waals surface area contributed by atoms with E-state index in [1.165, 1.54) is 0 Å². The van der Waals surface area contributed by atoms with Crippen LogP contribution in [0.5, 0.6) is 0 Å². The van der Waals surface area contributed by atoms with Gasteiger partial charge in [-0.2, -0.15) is 0 Å². The van der Waals surface area contributed by atoms with Crippen LogP contribution in [0.1, 0.15) is 37.8 Å². The van der Waals surface area contributed by atoms with Crippen LogP contribution in [0.3, 0.4) is 0 Å². The third-order valence-electron chi connectivity index (χ3n) is 3.48. The summed E-state index contributed by atoms with van der Waals surface area (Å²) in [6.45, 7) is 6.81. The van der Waals surface area contributed by atoms with Gasteiger partial charge in [0.15, 0.2) is 5.82 Å². The van der Waals surface area contributed by atoms with E-state index in [4.69, 9.17) is 17.4 Å². The first-order valence-corrected chi connectivity index (χ1v) is 7.76. The molecule has 0 aliphatic heterocycles. The van der Waals surface area contributed by atoms with E-state index in [1.807, 2.05) is 31.2 Å². The summed E-state index contributed by atoms with van der Waals surface area (Å²) in [5.74, 6) is 7.61. The molecule has 1 aromatic carbocycles. The van der Waals surface area contributed by atoms with Crippen LogP contribution in [-0.2, 0) is 0 Å². The molecule has 22 heavy (non-hydrogen) atoms. The van der Waals surface area contributed by atoms with Gasteiger partial charge >= 0.3 is 0 Å². The molecule has 0 aliphatic rings. The first-order chi connectivity index (χ1) is 10.5. The minimum atomic E-state index is 0.142. The first kappa shape index (κ1) is 16.4. The van der Waals surface area contributed by atoms with Gasteiger partial charge in [0.05, 0.1) is 0 Å². The average molecular weight is 320 g/mol. The molecule has 1 aromatic heterocycles. The number of hydrogen-bond donors (Lipinski definition) is 1. The minimum Gasteiger partial charge on any atom is -0.348 e. The summed E-state index contributed by atoms with van der Waals surface area (Å²) < 4.78 is 1.55. The summed E-state index contributed by atoms with van der Waals surface area (Å²) in [4.78, 5) is 2.18. The van der Waals surface area contributed by atoms with Gasteiger partial charge in [0.1, 0.15) is 5.82 Å². The molecule has 1 heterocycles. The number of nitrogens with two attached hydrogens (primary N) is 1. The maximum Gasteiger partial charge on any atom is 0.156 e. The van der Waals surface area contributed by atoms with Crippen LogP contribution in [0.15, 0.2) is 36.5 Å². The Morgan fingerprint density at radius 3 is 2.55 bits per heavy atom. The van der Waals surface area contributed by atoms with Gasteiger partial charge in [-0.25, -0.2) is 4.68 Å². The topological polar surface area (TPSA) is 60.0 Å². The number of benzene rings is 1. The van der Waals surface area contributed by atoms with Gasteiger partial charge in [0, 0.05) is 29.4 Å². The molecule has 0 unspecified atom stereocenters. The Morgan fingerprint density at radius 2 is 2.00 bits per heavy atom. The smallest absolute Gasteiger partial charge is 0.156 e. The number of halogens is 1. The van der Waals surface area contributed by atoms with Crippen LogP contribution in [0.4, 0.5) is 5.69 Å². The second-order valence-corrected chi connectivity index (χ2v) is 5.73. The Balaban J connectivity index is 2.21. The Kier molecular flexibility index (Phi) is 5.44. The zero-order valence-corrected chi connectivity index (χ0v) is 14.0. The molecule has 0 saturated carbocycles. The summed E-state index contributed by atoms with van der Waals surface area (Å²) in [5.41, 5.74) is 1.08. The lowest BCUT2D eigenvalue weighted by Crippen LogP contribution is -2.26. The standard InChI is InChI=1S/C16H22ClN5/c1-4-5-10-21(15-8-6-14(17)7-9-15)11-12(2)16-20-19-13(3)22(16)18/h5-10,12H,4,11,18H2,1-3H3/b10-5+/t12-/m1/s1. The lowest BCUT2D eigenvalue weighted by Gasteiger charge is -2.24. The molecular weight excluding hydrogens is 298 g/mol. The Hall–Kier alpha value is -2.01.